The van der Waals surface area contributed by atoms with Crippen LogP contribution in [0, 0.1) is 13.8 Å². The number of allylic oxidation sites excluding steroid dienone is 1. The second-order valence-corrected chi connectivity index (χ2v) is 5.44. The van der Waals surface area contributed by atoms with Gasteiger partial charge in [0.2, 0.25) is 5.92 Å². The number of hydrogen-bond donors (Lipinski definition) is 0. The molecule has 0 radical (unpaired) electrons. The minimum Gasteiger partial charge on any atom is -0.207 e. The Morgan fingerprint density at radius 2 is 1.89 bits per heavy atom. The number of benzene rings is 1. The lowest BCUT2D eigenvalue weighted by Gasteiger charge is -2.36. The summed E-state index contributed by atoms with van der Waals surface area (Å²) in [5.74, 6) is -2.42. The van der Waals surface area contributed by atoms with Crippen LogP contribution < -0.4 is 0 Å². The largest absolute Gasteiger partial charge is 0.249 e. The van der Waals surface area contributed by atoms with E-state index < -0.39 is 5.92 Å². The smallest absolute Gasteiger partial charge is 0.207 e. The quantitative estimate of drug-likeness (QED) is 0.688. The van der Waals surface area contributed by atoms with Crippen molar-refractivity contribution in [3.63, 3.8) is 0 Å². The van der Waals surface area contributed by atoms with Crippen LogP contribution >= 0.6 is 0 Å². The molecule has 0 N–H and O–H groups in total. The van der Waals surface area contributed by atoms with E-state index in [0.29, 0.717) is 0 Å². The average molecular weight is 250 g/mol. The van der Waals surface area contributed by atoms with Crippen LogP contribution in [0.3, 0.4) is 0 Å². The Balaban J connectivity index is 2.30. The summed E-state index contributed by atoms with van der Waals surface area (Å²) in [5.41, 5.74) is 5.64. The Kier molecular flexibility index (Phi) is 3.31. The monoisotopic (exact) mass is 250 g/mol. The third kappa shape index (κ3) is 2.33. The Bertz CT molecular complexity index is 478. The molecule has 1 saturated carbocycles. The maximum atomic E-state index is 13.0. The predicted octanol–water partition coefficient (Wildman–Crippen LogP) is 5.24. The topological polar surface area (TPSA) is 0 Å². The Hall–Kier alpha value is -1.18. The zero-order valence-corrected chi connectivity index (χ0v) is 11.3. The van der Waals surface area contributed by atoms with Gasteiger partial charge in [0.05, 0.1) is 0 Å². The van der Waals surface area contributed by atoms with Crippen LogP contribution in [0.5, 0.6) is 0 Å². The van der Waals surface area contributed by atoms with Gasteiger partial charge in [-0.2, -0.15) is 0 Å². The maximum Gasteiger partial charge on any atom is 0.249 e. The average Bonchev–Trinajstić information content (AvgIpc) is 2.27. The summed E-state index contributed by atoms with van der Waals surface area (Å²) in [5, 5.41) is 0. The van der Waals surface area contributed by atoms with Gasteiger partial charge in [-0.3, -0.25) is 0 Å². The lowest BCUT2D eigenvalue weighted by Crippen LogP contribution is -2.34. The summed E-state index contributed by atoms with van der Waals surface area (Å²) in [6, 6.07) is 4.18. The molecule has 0 spiro atoms. The first kappa shape index (κ1) is 13.3. The van der Waals surface area contributed by atoms with Crippen molar-refractivity contribution in [3.8, 4) is 0 Å². The summed E-state index contributed by atoms with van der Waals surface area (Å²) in [6.07, 6.45) is 0.920. The molecule has 1 fully saturated rings. The molecule has 0 aromatic heterocycles. The molecule has 1 aliphatic rings. The van der Waals surface area contributed by atoms with E-state index in [0.717, 1.165) is 28.7 Å². The van der Waals surface area contributed by atoms with E-state index in [1.165, 1.54) is 5.56 Å². The first-order valence-electron chi connectivity index (χ1n) is 6.51. The van der Waals surface area contributed by atoms with Crippen LogP contribution in [-0.2, 0) is 0 Å². The molecule has 0 nitrogen and oxygen atoms in total. The number of hydrogen-bond acceptors (Lipinski definition) is 0. The van der Waals surface area contributed by atoms with Gasteiger partial charge in [-0.15, -0.1) is 0 Å². The van der Waals surface area contributed by atoms with Gasteiger partial charge < -0.3 is 0 Å². The van der Waals surface area contributed by atoms with E-state index in [4.69, 9.17) is 0 Å². The first-order valence-corrected chi connectivity index (χ1v) is 6.51. The van der Waals surface area contributed by atoms with Crippen molar-refractivity contribution in [3.05, 3.63) is 41.0 Å². The standard InChI is InChI=1S/C16H20F2/c1-5-10(2)14-6-12(4)15(7-11(14)3)13-8-16(17,18)9-13/h6-7,13H,2,5,8-9H2,1,3-4H3. The van der Waals surface area contributed by atoms with Crippen LogP contribution in [0.1, 0.15) is 54.4 Å². The Morgan fingerprint density at radius 1 is 1.28 bits per heavy atom. The molecule has 1 aromatic carbocycles. The molecule has 2 heteroatoms. The van der Waals surface area contributed by atoms with Gasteiger partial charge in [0, 0.05) is 12.8 Å². The molecule has 0 aliphatic heterocycles. The summed E-state index contributed by atoms with van der Waals surface area (Å²) >= 11 is 0. The third-order valence-electron chi connectivity index (χ3n) is 3.95. The van der Waals surface area contributed by atoms with E-state index in [-0.39, 0.29) is 18.8 Å². The number of rotatable bonds is 3. The molecule has 2 rings (SSSR count). The molecule has 0 bridgehead atoms. The maximum absolute atomic E-state index is 13.0. The third-order valence-corrected chi connectivity index (χ3v) is 3.95. The molecule has 98 valence electrons. The molecule has 0 atom stereocenters. The Morgan fingerprint density at radius 3 is 2.39 bits per heavy atom. The van der Waals surface area contributed by atoms with Crippen LogP contribution in [-0.4, -0.2) is 5.92 Å². The highest BCUT2D eigenvalue weighted by Crippen LogP contribution is 2.49. The predicted molar refractivity (Wildman–Crippen MR) is 72.2 cm³/mol. The van der Waals surface area contributed by atoms with Crippen molar-refractivity contribution in [2.24, 2.45) is 0 Å². The summed E-state index contributed by atoms with van der Waals surface area (Å²) < 4.78 is 25.9. The lowest BCUT2D eigenvalue weighted by molar-refractivity contribution is -0.0868. The van der Waals surface area contributed by atoms with E-state index >= 15 is 0 Å². The van der Waals surface area contributed by atoms with Gasteiger partial charge >= 0.3 is 0 Å². The van der Waals surface area contributed by atoms with Crippen LogP contribution in [0.15, 0.2) is 18.7 Å². The highest BCUT2D eigenvalue weighted by atomic mass is 19.3. The molecule has 0 amide bonds. The number of halogens is 2. The van der Waals surface area contributed by atoms with Crippen LogP contribution in [0.25, 0.3) is 5.57 Å². The Labute approximate surface area is 108 Å². The van der Waals surface area contributed by atoms with Crippen molar-refractivity contribution in [2.45, 2.75) is 51.9 Å². The highest BCUT2D eigenvalue weighted by Gasteiger charge is 2.46. The fourth-order valence-electron chi connectivity index (χ4n) is 2.73. The second kappa shape index (κ2) is 4.49. The minimum absolute atomic E-state index is 0.00134. The van der Waals surface area contributed by atoms with E-state index in [1.54, 1.807) is 0 Å². The van der Waals surface area contributed by atoms with E-state index in [9.17, 15) is 8.78 Å². The van der Waals surface area contributed by atoms with Crippen molar-refractivity contribution in [1.82, 2.24) is 0 Å². The summed E-state index contributed by atoms with van der Waals surface area (Å²) in [6.45, 7) is 10.2. The van der Waals surface area contributed by atoms with Crippen molar-refractivity contribution >= 4 is 5.57 Å². The fourth-order valence-corrected chi connectivity index (χ4v) is 2.73. The molecule has 0 saturated heterocycles. The van der Waals surface area contributed by atoms with Gasteiger partial charge in [-0.05, 0) is 54.0 Å². The zero-order chi connectivity index (χ0) is 13.5. The van der Waals surface area contributed by atoms with Crippen molar-refractivity contribution in [2.75, 3.05) is 0 Å². The van der Waals surface area contributed by atoms with Gasteiger partial charge in [0.1, 0.15) is 0 Å². The molecule has 18 heavy (non-hydrogen) atoms. The van der Waals surface area contributed by atoms with Crippen LogP contribution in [0.4, 0.5) is 8.78 Å². The van der Waals surface area contributed by atoms with Gasteiger partial charge in [0.15, 0.2) is 0 Å². The van der Waals surface area contributed by atoms with Crippen LogP contribution in [0.2, 0.25) is 0 Å². The summed E-state index contributed by atoms with van der Waals surface area (Å²) in [7, 11) is 0. The lowest BCUT2D eigenvalue weighted by atomic mass is 9.74. The first-order chi connectivity index (χ1) is 8.34. The minimum atomic E-state index is -2.45. The van der Waals surface area contributed by atoms with E-state index in [2.05, 4.69) is 25.6 Å². The SMILES string of the molecule is C=C(CC)c1cc(C)c(C2CC(F)(F)C2)cc1C. The van der Waals surface area contributed by atoms with Gasteiger partial charge in [0.25, 0.3) is 0 Å². The van der Waals surface area contributed by atoms with Gasteiger partial charge in [-0.25, -0.2) is 8.78 Å². The highest BCUT2D eigenvalue weighted by molar-refractivity contribution is 5.67. The summed E-state index contributed by atoms with van der Waals surface area (Å²) in [4.78, 5) is 0. The number of aryl methyl sites for hydroxylation is 2. The van der Waals surface area contributed by atoms with Gasteiger partial charge in [-0.1, -0.05) is 25.6 Å². The number of alkyl halides is 2. The molecule has 0 unspecified atom stereocenters. The molecule has 1 aromatic rings. The zero-order valence-electron chi connectivity index (χ0n) is 11.3. The van der Waals surface area contributed by atoms with E-state index in [1.807, 2.05) is 13.8 Å². The normalized spacial score (nSPS) is 18.5. The van der Waals surface area contributed by atoms with Crippen molar-refractivity contribution in [1.29, 1.82) is 0 Å². The van der Waals surface area contributed by atoms with Crippen molar-refractivity contribution < 1.29 is 8.78 Å². The fraction of sp³-hybridized carbons (Fsp3) is 0.500. The molecular weight excluding hydrogens is 230 g/mol. The molecule has 0 heterocycles. The molecule has 1 aliphatic carbocycles. The molecular formula is C16H20F2. The second-order valence-electron chi connectivity index (χ2n) is 5.44.